The van der Waals surface area contributed by atoms with Gasteiger partial charge in [-0.05, 0) is 37.6 Å². The highest BCUT2D eigenvalue weighted by Crippen LogP contribution is 2.26. The third-order valence-corrected chi connectivity index (χ3v) is 2.92. The molecule has 0 spiro atoms. The number of fused-ring (bicyclic) bond motifs is 1. The first-order valence-electron chi connectivity index (χ1n) is 5.11. The molecule has 0 saturated carbocycles. The second kappa shape index (κ2) is 3.20. The Kier molecular flexibility index (Phi) is 1.83. The molecule has 0 saturated heterocycles. The van der Waals surface area contributed by atoms with E-state index in [1.165, 1.54) is 23.0 Å². The summed E-state index contributed by atoms with van der Waals surface area (Å²) in [5, 5.41) is 8.79. The molecule has 4 nitrogen and oxygen atoms in total. The molecule has 0 atom stereocenters. The lowest BCUT2D eigenvalue weighted by Gasteiger charge is -1.96. The van der Waals surface area contributed by atoms with E-state index in [0.29, 0.717) is 5.89 Å². The number of hydrogen-bond acceptors (Lipinski definition) is 3. The zero-order valence-electron chi connectivity index (χ0n) is 9.11. The smallest absolute Gasteiger partial charge is 0.247 e. The summed E-state index contributed by atoms with van der Waals surface area (Å²) in [6, 6.07) is 6.09. The SMILES string of the molecule is Cc1[nH]c2ccc(-c3nnco3)cc2c1C. The van der Waals surface area contributed by atoms with Crippen molar-refractivity contribution in [2.75, 3.05) is 0 Å². The fourth-order valence-electron chi connectivity index (χ4n) is 1.89. The summed E-state index contributed by atoms with van der Waals surface area (Å²) in [4.78, 5) is 3.33. The van der Waals surface area contributed by atoms with Gasteiger partial charge in [0.25, 0.3) is 0 Å². The molecule has 0 fully saturated rings. The summed E-state index contributed by atoms with van der Waals surface area (Å²) < 4.78 is 5.18. The number of aromatic nitrogens is 3. The van der Waals surface area contributed by atoms with Crippen molar-refractivity contribution in [2.45, 2.75) is 13.8 Å². The highest BCUT2D eigenvalue weighted by molar-refractivity contribution is 5.87. The van der Waals surface area contributed by atoms with Crippen molar-refractivity contribution in [2.24, 2.45) is 0 Å². The number of aromatic amines is 1. The van der Waals surface area contributed by atoms with E-state index in [-0.39, 0.29) is 0 Å². The second-order valence-electron chi connectivity index (χ2n) is 3.88. The van der Waals surface area contributed by atoms with E-state index in [9.17, 15) is 0 Å². The number of rotatable bonds is 1. The van der Waals surface area contributed by atoms with E-state index in [1.54, 1.807) is 0 Å². The Morgan fingerprint density at radius 1 is 1.25 bits per heavy atom. The maximum absolute atomic E-state index is 5.18. The molecule has 0 unspecified atom stereocenters. The predicted molar refractivity (Wildman–Crippen MR) is 61.1 cm³/mol. The van der Waals surface area contributed by atoms with Gasteiger partial charge in [0.1, 0.15) is 0 Å². The fraction of sp³-hybridized carbons (Fsp3) is 0.167. The summed E-state index contributed by atoms with van der Waals surface area (Å²) in [5.41, 5.74) is 4.54. The van der Waals surface area contributed by atoms with Crippen LogP contribution in [-0.4, -0.2) is 15.2 Å². The molecule has 0 aliphatic carbocycles. The minimum Gasteiger partial charge on any atom is -0.423 e. The number of hydrogen-bond donors (Lipinski definition) is 1. The van der Waals surface area contributed by atoms with E-state index in [1.807, 2.05) is 12.1 Å². The lowest BCUT2D eigenvalue weighted by molar-refractivity contribution is 0.569. The van der Waals surface area contributed by atoms with Crippen LogP contribution in [0.5, 0.6) is 0 Å². The minimum absolute atomic E-state index is 0.556. The number of nitrogens with zero attached hydrogens (tertiary/aromatic N) is 2. The molecule has 2 heterocycles. The molecular formula is C12H11N3O. The van der Waals surface area contributed by atoms with Crippen LogP contribution >= 0.6 is 0 Å². The summed E-state index contributed by atoms with van der Waals surface area (Å²) in [6.45, 7) is 4.17. The standard InChI is InChI=1S/C12H11N3O/c1-7-8(2)14-11-4-3-9(5-10(7)11)12-15-13-6-16-12/h3-6,14H,1-2H3. The number of H-pyrrole nitrogens is 1. The van der Waals surface area contributed by atoms with Gasteiger partial charge in [-0.15, -0.1) is 10.2 Å². The van der Waals surface area contributed by atoms with Crippen LogP contribution in [0.1, 0.15) is 11.3 Å². The molecule has 16 heavy (non-hydrogen) atoms. The molecule has 0 amide bonds. The zero-order chi connectivity index (χ0) is 11.1. The average Bonchev–Trinajstić information content (AvgIpc) is 2.89. The minimum atomic E-state index is 0.556. The Bertz CT molecular complexity index is 638. The van der Waals surface area contributed by atoms with Gasteiger partial charge in [0.2, 0.25) is 12.3 Å². The van der Waals surface area contributed by atoms with Gasteiger partial charge in [-0.1, -0.05) is 0 Å². The third-order valence-electron chi connectivity index (χ3n) is 2.92. The Morgan fingerprint density at radius 3 is 2.88 bits per heavy atom. The Labute approximate surface area is 92.3 Å². The lowest BCUT2D eigenvalue weighted by atomic mass is 10.1. The lowest BCUT2D eigenvalue weighted by Crippen LogP contribution is -1.78. The van der Waals surface area contributed by atoms with Crippen LogP contribution in [0.2, 0.25) is 0 Å². The van der Waals surface area contributed by atoms with Crippen molar-refractivity contribution in [3.63, 3.8) is 0 Å². The van der Waals surface area contributed by atoms with Gasteiger partial charge >= 0.3 is 0 Å². The number of aryl methyl sites for hydroxylation is 2. The first kappa shape index (κ1) is 9.15. The van der Waals surface area contributed by atoms with E-state index < -0.39 is 0 Å². The van der Waals surface area contributed by atoms with Crippen LogP contribution in [0, 0.1) is 13.8 Å². The second-order valence-corrected chi connectivity index (χ2v) is 3.88. The van der Waals surface area contributed by atoms with Gasteiger partial charge < -0.3 is 9.40 Å². The fourth-order valence-corrected chi connectivity index (χ4v) is 1.89. The summed E-state index contributed by atoms with van der Waals surface area (Å²) in [5.74, 6) is 0.556. The maximum Gasteiger partial charge on any atom is 0.247 e. The molecule has 0 aliphatic rings. The highest BCUT2D eigenvalue weighted by atomic mass is 16.4. The van der Waals surface area contributed by atoms with Gasteiger partial charge in [0, 0.05) is 22.2 Å². The van der Waals surface area contributed by atoms with Crippen LogP contribution in [0.3, 0.4) is 0 Å². The molecule has 3 aromatic rings. The number of benzene rings is 1. The molecule has 0 aliphatic heterocycles. The van der Waals surface area contributed by atoms with Gasteiger partial charge in [0.15, 0.2) is 0 Å². The van der Waals surface area contributed by atoms with Crippen LogP contribution < -0.4 is 0 Å². The van der Waals surface area contributed by atoms with Gasteiger partial charge in [0.05, 0.1) is 0 Å². The normalized spacial score (nSPS) is 11.1. The quantitative estimate of drug-likeness (QED) is 0.676. The highest BCUT2D eigenvalue weighted by Gasteiger charge is 2.08. The van der Waals surface area contributed by atoms with Crippen molar-refractivity contribution in [3.05, 3.63) is 35.9 Å². The molecular weight excluding hydrogens is 202 g/mol. The van der Waals surface area contributed by atoms with E-state index >= 15 is 0 Å². The van der Waals surface area contributed by atoms with Crippen LogP contribution in [-0.2, 0) is 0 Å². The van der Waals surface area contributed by atoms with Crippen molar-refractivity contribution >= 4 is 10.9 Å². The van der Waals surface area contributed by atoms with Gasteiger partial charge in [-0.2, -0.15) is 0 Å². The first-order chi connectivity index (χ1) is 7.75. The predicted octanol–water partition coefficient (Wildman–Crippen LogP) is 2.83. The van der Waals surface area contributed by atoms with Gasteiger partial charge in [-0.25, -0.2) is 0 Å². The molecule has 3 rings (SSSR count). The van der Waals surface area contributed by atoms with Crippen molar-refractivity contribution in [1.29, 1.82) is 0 Å². The van der Waals surface area contributed by atoms with Gasteiger partial charge in [-0.3, -0.25) is 0 Å². The van der Waals surface area contributed by atoms with Crippen molar-refractivity contribution in [3.8, 4) is 11.5 Å². The molecule has 2 aromatic heterocycles. The zero-order valence-corrected chi connectivity index (χ0v) is 9.11. The average molecular weight is 213 g/mol. The van der Waals surface area contributed by atoms with Crippen LogP contribution in [0.4, 0.5) is 0 Å². The molecule has 4 heteroatoms. The third kappa shape index (κ3) is 1.23. The topological polar surface area (TPSA) is 54.7 Å². The molecule has 1 N–H and O–H groups in total. The summed E-state index contributed by atoms with van der Waals surface area (Å²) in [7, 11) is 0. The molecule has 1 aromatic carbocycles. The molecule has 0 radical (unpaired) electrons. The van der Waals surface area contributed by atoms with E-state index in [4.69, 9.17) is 4.42 Å². The maximum atomic E-state index is 5.18. The molecule has 80 valence electrons. The molecule has 0 bridgehead atoms. The van der Waals surface area contributed by atoms with Crippen LogP contribution in [0.15, 0.2) is 29.0 Å². The Hall–Kier alpha value is -2.10. The van der Waals surface area contributed by atoms with E-state index in [2.05, 4.69) is 35.1 Å². The number of nitrogens with one attached hydrogen (secondary N) is 1. The largest absolute Gasteiger partial charge is 0.423 e. The Morgan fingerprint density at radius 2 is 2.12 bits per heavy atom. The summed E-state index contributed by atoms with van der Waals surface area (Å²) >= 11 is 0. The van der Waals surface area contributed by atoms with Crippen LogP contribution in [0.25, 0.3) is 22.4 Å². The van der Waals surface area contributed by atoms with Crippen molar-refractivity contribution in [1.82, 2.24) is 15.2 Å². The van der Waals surface area contributed by atoms with E-state index in [0.717, 1.165) is 11.1 Å². The Balaban J connectivity index is 2.26. The van der Waals surface area contributed by atoms with Crippen molar-refractivity contribution < 1.29 is 4.42 Å². The summed E-state index contributed by atoms with van der Waals surface area (Å²) in [6.07, 6.45) is 1.34. The monoisotopic (exact) mass is 213 g/mol. The first-order valence-corrected chi connectivity index (χ1v) is 5.11.